The Balaban J connectivity index is 2.07. The lowest BCUT2D eigenvalue weighted by atomic mass is 10.0. The van der Waals surface area contributed by atoms with Crippen LogP contribution in [0.25, 0.3) is 22.5 Å². The number of aromatic amines is 1. The van der Waals surface area contributed by atoms with Gasteiger partial charge < -0.3 is 11.5 Å². The van der Waals surface area contributed by atoms with Gasteiger partial charge in [0.15, 0.2) is 0 Å². The zero-order chi connectivity index (χ0) is 13.2. The third-order valence-corrected chi connectivity index (χ3v) is 2.92. The standard InChI is InChI=1S/C14H13N5/c15-11-5-1-9(2-6-11)13-14(18-19-17-13)10-3-7-12(16)8-4-10/h1-8H,15-16H2,(H,17,18,19). The zero-order valence-electron chi connectivity index (χ0n) is 10.2. The van der Waals surface area contributed by atoms with Crippen molar-refractivity contribution in [2.75, 3.05) is 11.5 Å². The van der Waals surface area contributed by atoms with E-state index in [1.165, 1.54) is 0 Å². The molecule has 2 aromatic carbocycles. The molecule has 0 saturated carbocycles. The highest BCUT2D eigenvalue weighted by atomic mass is 15.3. The molecule has 0 radical (unpaired) electrons. The number of hydrogen-bond acceptors (Lipinski definition) is 4. The molecule has 5 nitrogen and oxygen atoms in total. The minimum atomic E-state index is 0.723. The molecule has 94 valence electrons. The predicted octanol–water partition coefficient (Wildman–Crippen LogP) is 2.30. The van der Waals surface area contributed by atoms with Gasteiger partial charge in [0.2, 0.25) is 0 Å². The first-order chi connectivity index (χ1) is 9.24. The zero-order valence-corrected chi connectivity index (χ0v) is 10.2. The van der Waals surface area contributed by atoms with Crippen molar-refractivity contribution in [3.63, 3.8) is 0 Å². The Labute approximate surface area is 110 Å². The number of nitrogen functional groups attached to an aromatic ring is 2. The lowest BCUT2D eigenvalue weighted by Gasteiger charge is -2.02. The number of nitrogens with zero attached hydrogens (tertiary/aromatic N) is 2. The second kappa shape index (κ2) is 4.45. The molecule has 0 amide bonds. The molecule has 0 aliphatic carbocycles. The number of anilines is 2. The molecular formula is C14H13N5. The Hall–Kier alpha value is -2.82. The third-order valence-electron chi connectivity index (χ3n) is 2.92. The smallest absolute Gasteiger partial charge is 0.120 e. The van der Waals surface area contributed by atoms with Crippen LogP contribution in [0, 0.1) is 0 Å². The van der Waals surface area contributed by atoms with E-state index in [4.69, 9.17) is 11.5 Å². The average Bonchev–Trinajstić information content (AvgIpc) is 2.90. The SMILES string of the molecule is Nc1ccc(-c2n[nH]nc2-c2ccc(N)cc2)cc1. The van der Waals surface area contributed by atoms with Crippen LogP contribution in [0.4, 0.5) is 11.4 Å². The van der Waals surface area contributed by atoms with E-state index in [0.717, 1.165) is 33.9 Å². The number of hydrogen-bond donors (Lipinski definition) is 3. The molecule has 0 saturated heterocycles. The number of benzene rings is 2. The van der Waals surface area contributed by atoms with Crippen LogP contribution in [0.1, 0.15) is 0 Å². The van der Waals surface area contributed by atoms with E-state index in [1.807, 2.05) is 48.5 Å². The molecule has 0 aliphatic rings. The highest BCUT2D eigenvalue weighted by molar-refractivity contribution is 5.78. The van der Waals surface area contributed by atoms with Crippen molar-refractivity contribution < 1.29 is 0 Å². The first-order valence-electron chi connectivity index (χ1n) is 5.86. The minimum Gasteiger partial charge on any atom is -0.399 e. The molecule has 0 fully saturated rings. The van der Waals surface area contributed by atoms with E-state index in [0.29, 0.717) is 0 Å². The minimum absolute atomic E-state index is 0.723. The number of aromatic nitrogens is 3. The van der Waals surface area contributed by atoms with Gasteiger partial charge in [-0.05, 0) is 24.3 Å². The average molecular weight is 251 g/mol. The van der Waals surface area contributed by atoms with Gasteiger partial charge in [-0.25, -0.2) is 0 Å². The van der Waals surface area contributed by atoms with Gasteiger partial charge >= 0.3 is 0 Å². The highest BCUT2D eigenvalue weighted by Gasteiger charge is 2.11. The van der Waals surface area contributed by atoms with Gasteiger partial charge in [-0.15, -0.1) is 0 Å². The molecule has 1 aromatic heterocycles. The van der Waals surface area contributed by atoms with Crippen LogP contribution in [-0.2, 0) is 0 Å². The van der Waals surface area contributed by atoms with E-state index in [-0.39, 0.29) is 0 Å². The van der Waals surface area contributed by atoms with E-state index in [2.05, 4.69) is 15.4 Å². The summed E-state index contributed by atoms with van der Waals surface area (Å²) in [4.78, 5) is 0. The van der Waals surface area contributed by atoms with Crippen LogP contribution in [-0.4, -0.2) is 15.4 Å². The number of nitrogens with two attached hydrogens (primary N) is 2. The maximum absolute atomic E-state index is 5.69. The maximum atomic E-state index is 5.69. The fraction of sp³-hybridized carbons (Fsp3) is 0. The Morgan fingerprint density at radius 1 is 0.632 bits per heavy atom. The second-order valence-corrected chi connectivity index (χ2v) is 4.26. The normalized spacial score (nSPS) is 10.5. The van der Waals surface area contributed by atoms with Crippen molar-refractivity contribution in [3.8, 4) is 22.5 Å². The number of nitrogens with one attached hydrogen (secondary N) is 1. The van der Waals surface area contributed by atoms with Gasteiger partial charge in [-0.2, -0.15) is 15.4 Å². The molecule has 19 heavy (non-hydrogen) atoms. The summed E-state index contributed by atoms with van der Waals surface area (Å²) in [6.07, 6.45) is 0. The van der Waals surface area contributed by atoms with Crippen molar-refractivity contribution in [1.29, 1.82) is 0 Å². The maximum Gasteiger partial charge on any atom is 0.120 e. The van der Waals surface area contributed by atoms with Crippen LogP contribution >= 0.6 is 0 Å². The lowest BCUT2D eigenvalue weighted by Crippen LogP contribution is -1.88. The fourth-order valence-corrected chi connectivity index (χ4v) is 1.92. The van der Waals surface area contributed by atoms with E-state index in [9.17, 15) is 0 Å². The van der Waals surface area contributed by atoms with Crippen LogP contribution in [0.3, 0.4) is 0 Å². The Kier molecular flexibility index (Phi) is 2.64. The summed E-state index contributed by atoms with van der Waals surface area (Å²) in [5.41, 5.74) is 16.4. The summed E-state index contributed by atoms with van der Waals surface area (Å²) in [5, 5.41) is 11.1. The molecule has 0 spiro atoms. The molecule has 5 N–H and O–H groups in total. The highest BCUT2D eigenvalue weighted by Crippen LogP contribution is 2.28. The second-order valence-electron chi connectivity index (χ2n) is 4.26. The van der Waals surface area contributed by atoms with Crippen molar-refractivity contribution in [2.24, 2.45) is 0 Å². The van der Waals surface area contributed by atoms with Gasteiger partial charge in [-0.3, -0.25) is 0 Å². The van der Waals surface area contributed by atoms with Crippen molar-refractivity contribution in [1.82, 2.24) is 15.4 Å². The molecule has 1 heterocycles. The van der Waals surface area contributed by atoms with Crippen molar-refractivity contribution in [3.05, 3.63) is 48.5 Å². The third kappa shape index (κ3) is 2.13. The summed E-state index contributed by atoms with van der Waals surface area (Å²) < 4.78 is 0. The van der Waals surface area contributed by atoms with Crippen LogP contribution in [0.5, 0.6) is 0 Å². The summed E-state index contributed by atoms with van der Waals surface area (Å²) >= 11 is 0. The molecule has 0 unspecified atom stereocenters. The first kappa shape index (κ1) is 11.3. The van der Waals surface area contributed by atoms with Crippen molar-refractivity contribution in [2.45, 2.75) is 0 Å². The topological polar surface area (TPSA) is 93.6 Å². The summed E-state index contributed by atoms with van der Waals surface area (Å²) in [6, 6.07) is 15.1. The summed E-state index contributed by atoms with van der Waals surface area (Å²) in [6.45, 7) is 0. The number of H-pyrrole nitrogens is 1. The molecule has 0 aliphatic heterocycles. The Morgan fingerprint density at radius 3 is 1.37 bits per heavy atom. The molecule has 3 aromatic rings. The largest absolute Gasteiger partial charge is 0.399 e. The molecule has 0 bridgehead atoms. The van der Waals surface area contributed by atoms with Gasteiger partial charge in [0.1, 0.15) is 11.4 Å². The van der Waals surface area contributed by atoms with Crippen LogP contribution in [0.2, 0.25) is 0 Å². The van der Waals surface area contributed by atoms with Gasteiger partial charge in [-0.1, -0.05) is 24.3 Å². The number of rotatable bonds is 2. The fourth-order valence-electron chi connectivity index (χ4n) is 1.92. The first-order valence-corrected chi connectivity index (χ1v) is 5.86. The monoisotopic (exact) mass is 251 g/mol. The van der Waals surface area contributed by atoms with E-state index in [1.54, 1.807) is 0 Å². The summed E-state index contributed by atoms with van der Waals surface area (Å²) in [5.74, 6) is 0. The van der Waals surface area contributed by atoms with Gasteiger partial charge in [0, 0.05) is 22.5 Å². The van der Waals surface area contributed by atoms with E-state index < -0.39 is 0 Å². The van der Waals surface area contributed by atoms with Gasteiger partial charge in [0.25, 0.3) is 0 Å². The van der Waals surface area contributed by atoms with Gasteiger partial charge in [0.05, 0.1) is 0 Å². The van der Waals surface area contributed by atoms with Crippen LogP contribution < -0.4 is 11.5 Å². The molecular weight excluding hydrogens is 238 g/mol. The Morgan fingerprint density at radius 2 is 1.00 bits per heavy atom. The molecule has 5 heteroatoms. The van der Waals surface area contributed by atoms with E-state index >= 15 is 0 Å². The quantitative estimate of drug-likeness (QED) is 0.609. The Bertz CT molecular complexity index is 623. The summed E-state index contributed by atoms with van der Waals surface area (Å²) in [7, 11) is 0. The molecule has 3 rings (SSSR count). The predicted molar refractivity (Wildman–Crippen MR) is 76.1 cm³/mol. The van der Waals surface area contributed by atoms with Crippen molar-refractivity contribution >= 4 is 11.4 Å². The molecule has 0 atom stereocenters. The lowest BCUT2D eigenvalue weighted by molar-refractivity contribution is 0.944. The van der Waals surface area contributed by atoms with Crippen LogP contribution in [0.15, 0.2) is 48.5 Å².